The van der Waals surface area contributed by atoms with Crippen molar-refractivity contribution < 1.29 is 29.0 Å². The molecule has 0 aliphatic carbocycles. The fraction of sp³-hybridized carbons (Fsp3) is 0.667. The second-order valence-corrected chi connectivity index (χ2v) is 13.3. The summed E-state index contributed by atoms with van der Waals surface area (Å²) < 4.78 is 10.1. The minimum Gasteiger partial charge on any atom is -0.494 e. The number of thioether (sulfide) groups is 1. The Morgan fingerprint density at radius 3 is 2.64 bits per heavy atom. The molecule has 4 heterocycles. The zero-order chi connectivity index (χ0) is 27.7. The number of alkyl halides is 1. The number of nitrogens with zero attached hydrogens (tertiary/aromatic N) is 2. The van der Waals surface area contributed by atoms with Crippen molar-refractivity contribution in [3.05, 3.63) is 24.3 Å². The molecule has 1 aromatic carbocycles. The Labute approximate surface area is 241 Å². The van der Waals surface area contributed by atoms with E-state index in [-0.39, 0.29) is 34.4 Å². The summed E-state index contributed by atoms with van der Waals surface area (Å²) in [5.41, 5.74) is 0.625. The number of likely N-dealkylation sites (tertiary alicyclic amines) is 1. The molecule has 0 saturated carbocycles. The first-order valence-corrected chi connectivity index (χ1v) is 15.5. The lowest BCUT2D eigenvalue weighted by Gasteiger charge is -2.36. The SMILES string of the molecule is CCOc1ccc(NC(=O)[C@H]2[C@H]3C(=O)N([C@H](C)CO)C(C(=O)NCCN4CCOCC4)C34CC(Br)[C@@H]2S4)cc1. The van der Waals surface area contributed by atoms with Gasteiger partial charge in [0.25, 0.3) is 0 Å². The Morgan fingerprint density at radius 1 is 1.26 bits per heavy atom. The molecular weight excluding hydrogens is 588 g/mol. The number of hydrogen-bond donors (Lipinski definition) is 3. The van der Waals surface area contributed by atoms with Crippen LogP contribution in [-0.2, 0) is 19.1 Å². The number of fused-ring (bicyclic) bond motifs is 1. The smallest absolute Gasteiger partial charge is 0.244 e. The number of carbonyl (C=O) groups is 3. The van der Waals surface area contributed by atoms with E-state index in [2.05, 4.69) is 31.5 Å². The predicted octanol–water partition coefficient (Wildman–Crippen LogP) is 1.32. The van der Waals surface area contributed by atoms with Gasteiger partial charge in [-0.25, -0.2) is 0 Å². The van der Waals surface area contributed by atoms with Gasteiger partial charge in [-0.3, -0.25) is 19.3 Å². The number of anilines is 1. The summed E-state index contributed by atoms with van der Waals surface area (Å²) in [6.45, 7) is 8.12. The van der Waals surface area contributed by atoms with Crippen LogP contribution in [0.25, 0.3) is 0 Å². The maximum atomic E-state index is 14.0. The van der Waals surface area contributed by atoms with E-state index in [1.165, 1.54) is 0 Å². The molecule has 4 aliphatic heterocycles. The lowest BCUT2D eigenvalue weighted by Crippen LogP contribution is -2.57. The average Bonchev–Trinajstić information content (AvgIpc) is 3.53. The number of ether oxygens (including phenoxy) is 2. The number of halogens is 1. The second-order valence-electron chi connectivity index (χ2n) is 10.6. The molecule has 5 rings (SSSR count). The molecule has 39 heavy (non-hydrogen) atoms. The quantitative estimate of drug-likeness (QED) is 0.333. The molecule has 7 atom stereocenters. The van der Waals surface area contributed by atoms with Gasteiger partial charge in [0.05, 0.1) is 49.1 Å². The highest BCUT2D eigenvalue weighted by atomic mass is 79.9. The number of morpholine rings is 1. The zero-order valence-electron chi connectivity index (χ0n) is 22.3. The maximum Gasteiger partial charge on any atom is 0.244 e. The Hall–Kier alpha value is -1.86. The van der Waals surface area contributed by atoms with Crippen LogP contribution < -0.4 is 15.4 Å². The number of amides is 3. The molecule has 214 valence electrons. The zero-order valence-corrected chi connectivity index (χ0v) is 24.7. The molecular formula is C27H37BrN4O6S. The Kier molecular flexibility index (Phi) is 8.77. The summed E-state index contributed by atoms with van der Waals surface area (Å²) in [6, 6.07) is 5.85. The van der Waals surface area contributed by atoms with Gasteiger partial charge < -0.3 is 30.1 Å². The molecule has 1 aromatic rings. The van der Waals surface area contributed by atoms with Crippen molar-refractivity contribution >= 4 is 51.1 Å². The Morgan fingerprint density at radius 2 is 1.97 bits per heavy atom. The Balaban J connectivity index is 1.36. The van der Waals surface area contributed by atoms with Gasteiger partial charge in [0, 0.05) is 41.9 Å². The molecule has 3 unspecified atom stereocenters. The molecule has 4 saturated heterocycles. The summed E-state index contributed by atoms with van der Waals surface area (Å²) >= 11 is 5.36. The molecule has 3 amide bonds. The van der Waals surface area contributed by atoms with Crippen molar-refractivity contribution in [2.24, 2.45) is 11.8 Å². The first-order valence-electron chi connectivity index (χ1n) is 13.7. The van der Waals surface area contributed by atoms with E-state index >= 15 is 0 Å². The van der Waals surface area contributed by atoms with E-state index in [1.54, 1.807) is 47.9 Å². The van der Waals surface area contributed by atoms with Crippen LogP contribution in [0.1, 0.15) is 20.3 Å². The van der Waals surface area contributed by atoms with Gasteiger partial charge in [0.1, 0.15) is 11.8 Å². The second kappa shape index (κ2) is 11.9. The standard InChI is InChI=1S/C27H37BrN4O6S/c1-3-38-18-6-4-17(5-7-18)30-24(34)20-21-26(36)32(16(2)15-33)23(27(21)14-19(28)22(20)39-27)25(35)29-8-9-31-10-12-37-13-11-31/h4-7,16,19-23,33H,3,8-15H2,1-2H3,(H,29,35)(H,30,34)/t16-,19?,20+,21+,22+,23?,27?/m1/s1. The van der Waals surface area contributed by atoms with E-state index < -0.39 is 28.7 Å². The number of rotatable bonds is 10. The number of nitrogens with one attached hydrogen (secondary N) is 2. The highest BCUT2D eigenvalue weighted by Gasteiger charge is 2.76. The highest BCUT2D eigenvalue weighted by molar-refractivity contribution is 9.09. The monoisotopic (exact) mass is 624 g/mol. The van der Waals surface area contributed by atoms with Gasteiger partial charge in [-0.1, -0.05) is 15.9 Å². The summed E-state index contributed by atoms with van der Waals surface area (Å²) in [5, 5.41) is 15.9. The third-order valence-electron chi connectivity index (χ3n) is 8.28. The Bertz CT molecular complexity index is 1070. The van der Waals surface area contributed by atoms with E-state index in [9.17, 15) is 19.5 Å². The van der Waals surface area contributed by atoms with Gasteiger partial charge in [-0.15, -0.1) is 11.8 Å². The van der Waals surface area contributed by atoms with Gasteiger partial charge in [0.2, 0.25) is 17.7 Å². The number of carbonyl (C=O) groups excluding carboxylic acids is 3. The number of aliphatic hydroxyl groups is 1. The molecule has 0 aromatic heterocycles. The molecule has 10 nitrogen and oxygen atoms in total. The number of aliphatic hydroxyl groups excluding tert-OH is 1. The van der Waals surface area contributed by atoms with Crippen LogP contribution in [0, 0.1) is 11.8 Å². The van der Waals surface area contributed by atoms with Gasteiger partial charge in [0.15, 0.2) is 0 Å². The van der Waals surface area contributed by atoms with E-state index in [0.717, 1.165) is 13.1 Å². The molecule has 0 radical (unpaired) electrons. The summed E-state index contributed by atoms with van der Waals surface area (Å²) in [6.07, 6.45) is 0.599. The fourth-order valence-electron chi connectivity index (χ4n) is 6.51. The summed E-state index contributed by atoms with van der Waals surface area (Å²) in [4.78, 5) is 45.2. The van der Waals surface area contributed by atoms with Gasteiger partial charge >= 0.3 is 0 Å². The van der Waals surface area contributed by atoms with Crippen molar-refractivity contribution in [1.29, 1.82) is 0 Å². The molecule has 4 aliphatic rings. The van der Waals surface area contributed by atoms with Gasteiger partial charge in [-0.2, -0.15) is 0 Å². The van der Waals surface area contributed by atoms with Crippen LogP contribution >= 0.6 is 27.7 Å². The predicted molar refractivity (Wildman–Crippen MR) is 152 cm³/mol. The molecule has 3 N–H and O–H groups in total. The highest BCUT2D eigenvalue weighted by Crippen LogP contribution is 2.68. The van der Waals surface area contributed by atoms with Crippen molar-refractivity contribution in [1.82, 2.24) is 15.1 Å². The fourth-order valence-corrected chi connectivity index (χ4v) is 10.1. The first kappa shape index (κ1) is 28.7. The lowest BCUT2D eigenvalue weighted by molar-refractivity contribution is -0.141. The van der Waals surface area contributed by atoms with Crippen LogP contribution in [0.3, 0.4) is 0 Å². The number of benzene rings is 1. The minimum absolute atomic E-state index is 0.0179. The third-order valence-corrected chi connectivity index (χ3v) is 11.5. The van der Waals surface area contributed by atoms with Crippen LogP contribution in [0.4, 0.5) is 5.69 Å². The van der Waals surface area contributed by atoms with Crippen molar-refractivity contribution in [3.8, 4) is 5.75 Å². The topological polar surface area (TPSA) is 120 Å². The number of hydrogen-bond acceptors (Lipinski definition) is 8. The van der Waals surface area contributed by atoms with Gasteiger partial charge in [-0.05, 0) is 44.5 Å². The summed E-state index contributed by atoms with van der Waals surface area (Å²) in [5.74, 6) is -1.22. The molecule has 2 bridgehead atoms. The van der Waals surface area contributed by atoms with E-state index in [1.807, 2.05) is 6.92 Å². The minimum atomic E-state index is -0.764. The van der Waals surface area contributed by atoms with E-state index in [4.69, 9.17) is 9.47 Å². The molecule has 12 heteroatoms. The average molecular weight is 626 g/mol. The molecule has 1 spiro atoms. The van der Waals surface area contributed by atoms with Crippen molar-refractivity contribution in [2.75, 3.05) is 57.9 Å². The van der Waals surface area contributed by atoms with Crippen LogP contribution in [-0.4, -0.2) is 112 Å². The lowest BCUT2D eigenvalue weighted by atomic mass is 9.70. The van der Waals surface area contributed by atoms with Crippen molar-refractivity contribution in [2.45, 2.75) is 47.2 Å². The third kappa shape index (κ3) is 5.30. The van der Waals surface area contributed by atoms with E-state index in [0.29, 0.717) is 50.8 Å². The summed E-state index contributed by atoms with van der Waals surface area (Å²) in [7, 11) is 0. The normalized spacial score (nSPS) is 32.7. The largest absolute Gasteiger partial charge is 0.494 e. The molecule has 4 fully saturated rings. The van der Waals surface area contributed by atoms with Crippen LogP contribution in [0.15, 0.2) is 24.3 Å². The van der Waals surface area contributed by atoms with Crippen LogP contribution in [0.5, 0.6) is 5.75 Å². The maximum absolute atomic E-state index is 14.0. The van der Waals surface area contributed by atoms with Crippen molar-refractivity contribution in [3.63, 3.8) is 0 Å². The first-order chi connectivity index (χ1) is 18.8. The van der Waals surface area contributed by atoms with Crippen LogP contribution in [0.2, 0.25) is 0 Å².